The number of rotatable bonds is 6. The van der Waals surface area contributed by atoms with Crippen LogP contribution in [0.2, 0.25) is 5.02 Å². The van der Waals surface area contributed by atoms with Crippen molar-refractivity contribution in [3.05, 3.63) is 64.2 Å². The highest BCUT2D eigenvalue weighted by Crippen LogP contribution is 2.36. The molecule has 8 nitrogen and oxygen atoms in total. The molecule has 1 unspecified atom stereocenters. The Morgan fingerprint density at radius 3 is 2.44 bits per heavy atom. The van der Waals surface area contributed by atoms with E-state index in [2.05, 4.69) is 0 Å². The highest BCUT2D eigenvalue weighted by Gasteiger charge is 2.44. The zero-order chi connectivity index (χ0) is 22.8. The molecule has 2 aliphatic rings. The number of halogens is 1. The first-order valence-electron chi connectivity index (χ1n) is 10.5. The molecule has 0 amide bonds. The predicted molar refractivity (Wildman–Crippen MR) is 115 cm³/mol. The molecule has 0 radical (unpaired) electrons. The van der Waals surface area contributed by atoms with Gasteiger partial charge in [0.05, 0.1) is 19.8 Å². The fourth-order valence-electron chi connectivity index (χ4n) is 4.03. The average Bonchev–Trinajstić information content (AvgIpc) is 3.31. The Morgan fingerprint density at radius 1 is 1.03 bits per heavy atom. The van der Waals surface area contributed by atoms with Crippen molar-refractivity contribution in [2.45, 2.75) is 49.1 Å². The van der Waals surface area contributed by atoms with E-state index < -0.39 is 43.2 Å². The molecule has 2 aromatic carbocycles. The van der Waals surface area contributed by atoms with E-state index in [-0.39, 0.29) is 6.10 Å². The molecule has 2 fully saturated rings. The zero-order valence-corrected chi connectivity index (χ0v) is 18.0. The fourth-order valence-corrected chi connectivity index (χ4v) is 4.25. The average molecular weight is 467 g/mol. The summed E-state index contributed by atoms with van der Waals surface area (Å²) in [6.45, 7) is 0.724. The second-order valence-corrected chi connectivity index (χ2v) is 8.51. The van der Waals surface area contributed by atoms with E-state index in [0.29, 0.717) is 40.7 Å². The number of benzene rings is 2. The summed E-state index contributed by atoms with van der Waals surface area (Å²) in [6.07, 6.45) is -6.60. The molecule has 4 rings (SSSR count). The monoisotopic (exact) mass is 466 g/mol. The first-order valence-corrected chi connectivity index (χ1v) is 10.9. The summed E-state index contributed by atoms with van der Waals surface area (Å²) in [7, 11) is 0. The van der Waals surface area contributed by atoms with Crippen molar-refractivity contribution in [3.8, 4) is 5.75 Å². The van der Waals surface area contributed by atoms with Gasteiger partial charge < -0.3 is 39.7 Å². The van der Waals surface area contributed by atoms with Crippen LogP contribution >= 0.6 is 11.6 Å². The second kappa shape index (κ2) is 10.0. The van der Waals surface area contributed by atoms with Gasteiger partial charge in [-0.3, -0.25) is 0 Å². The van der Waals surface area contributed by atoms with Crippen molar-refractivity contribution < 1.29 is 39.7 Å². The minimum absolute atomic E-state index is 0.0236. The van der Waals surface area contributed by atoms with Crippen LogP contribution in [0.15, 0.2) is 42.5 Å². The molecule has 0 aliphatic carbocycles. The molecule has 174 valence electrons. The highest BCUT2D eigenvalue weighted by atomic mass is 35.5. The highest BCUT2D eigenvalue weighted by molar-refractivity contribution is 6.31. The van der Waals surface area contributed by atoms with Gasteiger partial charge in [0.25, 0.3) is 0 Å². The molecule has 2 heterocycles. The molecule has 0 aromatic heterocycles. The Morgan fingerprint density at radius 2 is 1.78 bits per heavy atom. The fraction of sp³-hybridized carbons (Fsp3) is 0.478. The van der Waals surface area contributed by atoms with Crippen LogP contribution in [0, 0.1) is 0 Å². The van der Waals surface area contributed by atoms with E-state index in [4.69, 9.17) is 25.8 Å². The van der Waals surface area contributed by atoms with Crippen molar-refractivity contribution in [3.63, 3.8) is 0 Å². The second-order valence-electron chi connectivity index (χ2n) is 8.11. The van der Waals surface area contributed by atoms with Gasteiger partial charge >= 0.3 is 0 Å². The Labute approximate surface area is 190 Å². The molecule has 7 atom stereocenters. The summed E-state index contributed by atoms with van der Waals surface area (Å²) in [5.41, 5.74) is 1.42. The van der Waals surface area contributed by atoms with Gasteiger partial charge in [-0.05, 0) is 35.4 Å². The van der Waals surface area contributed by atoms with Crippen LogP contribution in [0.4, 0.5) is 0 Å². The third kappa shape index (κ3) is 4.78. The molecule has 5 N–H and O–H groups in total. The van der Waals surface area contributed by atoms with Crippen LogP contribution in [-0.4, -0.2) is 75.9 Å². The Bertz CT molecular complexity index is 899. The summed E-state index contributed by atoms with van der Waals surface area (Å²) < 4.78 is 16.8. The summed E-state index contributed by atoms with van der Waals surface area (Å²) in [5.74, 6) is 0.678. The first-order chi connectivity index (χ1) is 15.4. The normalized spacial score (nSPS) is 31.4. The third-order valence-corrected chi connectivity index (χ3v) is 6.27. The number of aliphatic hydroxyl groups is 5. The predicted octanol–water partition coefficient (Wildman–Crippen LogP) is 1.10. The molecule has 0 bridgehead atoms. The number of hydrogen-bond acceptors (Lipinski definition) is 8. The zero-order valence-electron chi connectivity index (χ0n) is 17.3. The van der Waals surface area contributed by atoms with E-state index in [0.717, 1.165) is 6.42 Å². The molecule has 0 spiro atoms. The molecule has 0 saturated carbocycles. The van der Waals surface area contributed by atoms with E-state index in [1.54, 1.807) is 42.5 Å². The van der Waals surface area contributed by atoms with Gasteiger partial charge in [0.2, 0.25) is 0 Å². The molecular weight excluding hydrogens is 440 g/mol. The molecule has 2 aliphatic heterocycles. The summed E-state index contributed by atoms with van der Waals surface area (Å²) in [5, 5.41) is 51.2. The maximum Gasteiger partial charge on any atom is 0.124 e. The molecule has 32 heavy (non-hydrogen) atoms. The van der Waals surface area contributed by atoms with Crippen molar-refractivity contribution >= 4 is 11.6 Å². The standard InChI is InChI=1S/C23H27ClO8/c24-17-6-3-13(23-22(29)21(28)20(27)18(10-25)32-23)9-16(17)19(26)12-1-4-14(5-2-12)31-15-7-8-30-11-15/h1-6,9,15,18-23,25-29H,7-8,10-11H2/t15-,18-,19?,20-,21+,22-,23+/m1/s1. The lowest BCUT2D eigenvalue weighted by Gasteiger charge is -2.40. The molecule has 9 heteroatoms. The van der Waals surface area contributed by atoms with Gasteiger partial charge in [0.15, 0.2) is 0 Å². The van der Waals surface area contributed by atoms with Gasteiger partial charge in [-0.15, -0.1) is 0 Å². The Hall–Kier alpha value is -1.75. The SMILES string of the molecule is OC[C@H]1O[C@@H](c2ccc(Cl)c(C(O)c3ccc(O[C@@H]4CCOC4)cc3)c2)[C@H](O)[C@@H](O)[C@@H]1O. The minimum atomic E-state index is -1.49. The van der Waals surface area contributed by atoms with Gasteiger partial charge in [0, 0.05) is 17.0 Å². The number of hydrogen-bond donors (Lipinski definition) is 5. The lowest BCUT2D eigenvalue weighted by Crippen LogP contribution is -2.55. The smallest absolute Gasteiger partial charge is 0.124 e. The largest absolute Gasteiger partial charge is 0.488 e. The lowest BCUT2D eigenvalue weighted by atomic mass is 9.89. The van der Waals surface area contributed by atoms with Gasteiger partial charge in [0.1, 0.15) is 48.5 Å². The van der Waals surface area contributed by atoms with Crippen molar-refractivity contribution in [1.29, 1.82) is 0 Å². The van der Waals surface area contributed by atoms with Gasteiger partial charge in [-0.1, -0.05) is 29.8 Å². The summed E-state index contributed by atoms with van der Waals surface area (Å²) in [6, 6.07) is 11.8. The maximum absolute atomic E-state index is 11.0. The summed E-state index contributed by atoms with van der Waals surface area (Å²) >= 11 is 6.34. The molecule has 2 saturated heterocycles. The van der Waals surface area contributed by atoms with Crippen LogP contribution in [0.5, 0.6) is 5.75 Å². The lowest BCUT2D eigenvalue weighted by molar-refractivity contribution is -0.231. The number of aliphatic hydroxyl groups excluding tert-OH is 5. The van der Waals surface area contributed by atoms with Crippen molar-refractivity contribution in [2.24, 2.45) is 0 Å². The number of ether oxygens (including phenoxy) is 3. The van der Waals surface area contributed by atoms with Crippen LogP contribution in [0.1, 0.15) is 35.3 Å². The topological polar surface area (TPSA) is 129 Å². The van der Waals surface area contributed by atoms with Crippen LogP contribution in [-0.2, 0) is 9.47 Å². The van der Waals surface area contributed by atoms with Crippen LogP contribution < -0.4 is 4.74 Å². The van der Waals surface area contributed by atoms with Gasteiger partial charge in [-0.2, -0.15) is 0 Å². The van der Waals surface area contributed by atoms with E-state index in [9.17, 15) is 25.5 Å². The van der Waals surface area contributed by atoms with Crippen molar-refractivity contribution in [2.75, 3.05) is 19.8 Å². The minimum Gasteiger partial charge on any atom is -0.488 e. The van der Waals surface area contributed by atoms with Crippen molar-refractivity contribution in [1.82, 2.24) is 0 Å². The molecule has 2 aromatic rings. The third-order valence-electron chi connectivity index (χ3n) is 5.92. The first kappa shape index (κ1) is 23.4. The Balaban J connectivity index is 1.54. The maximum atomic E-state index is 11.0. The van der Waals surface area contributed by atoms with E-state index in [1.807, 2.05) is 0 Å². The quantitative estimate of drug-likeness (QED) is 0.428. The molecular formula is C23H27ClO8. The van der Waals surface area contributed by atoms with Crippen LogP contribution in [0.25, 0.3) is 0 Å². The Kier molecular flexibility index (Phi) is 7.34. The van der Waals surface area contributed by atoms with Crippen LogP contribution in [0.3, 0.4) is 0 Å². The summed E-state index contributed by atoms with van der Waals surface area (Å²) in [4.78, 5) is 0. The van der Waals surface area contributed by atoms with Gasteiger partial charge in [-0.25, -0.2) is 0 Å². The van der Waals surface area contributed by atoms with E-state index >= 15 is 0 Å². The van der Waals surface area contributed by atoms with E-state index in [1.165, 1.54) is 0 Å².